The summed E-state index contributed by atoms with van der Waals surface area (Å²) >= 11 is 1.84. The zero-order valence-corrected chi connectivity index (χ0v) is 10.1. The van der Waals surface area contributed by atoms with E-state index in [1.807, 2.05) is 0 Å². The molecule has 6 heteroatoms. The average molecular weight is 213 g/mol. The first kappa shape index (κ1) is 12.5. The molecule has 0 heterocycles. The molecule has 1 rings (SSSR count). The first-order valence-corrected chi connectivity index (χ1v) is 4.29. The molecule has 1 atom stereocenters. The number of rotatable bonds is 1. The van der Waals surface area contributed by atoms with Crippen LogP contribution in [0.4, 0.5) is 0 Å². The molecule has 0 saturated carbocycles. The summed E-state index contributed by atoms with van der Waals surface area (Å²) in [7, 11) is 0. The van der Waals surface area contributed by atoms with E-state index in [1.165, 1.54) is 18.2 Å². The average Bonchev–Trinajstić information content (AvgIpc) is 1.94. The molecular weight excluding hydrogens is 207 g/mol. The van der Waals surface area contributed by atoms with Gasteiger partial charge in [0.2, 0.25) is 0 Å². The van der Waals surface area contributed by atoms with Crippen molar-refractivity contribution in [3.63, 3.8) is 0 Å². The van der Waals surface area contributed by atoms with Crippen LogP contribution >= 0.6 is 12.6 Å². The maximum atomic E-state index is 10.4. The van der Waals surface area contributed by atoms with Crippen molar-refractivity contribution in [3.05, 3.63) is 18.2 Å². The number of aromatic hydroxyl groups is 1. The first-order valence-electron chi connectivity index (χ1n) is 2.74. The van der Waals surface area contributed by atoms with Gasteiger partial charge in [-0.1, -0.05) is 0 Å². The van der Waals surface area contributed by atoms with Crippen LogP contribution in [0.3, 0.4) is 0 Å². The van der Waals surface area contributed by atoms with Gasteiger partial charge in [-0.3, -0.25) is 0 Å². The van der Waals surface area contributed by atoms with Gasteiger partial charge >= 0.3 is 0 Å². The first-order chi connectivity index (χ1) is 5.11. The van der Waals surface area contributed by atoms with Crippen LogP contribution in [0.15, 0.2) is 28.0 Å². The molecule has 0 aliphatic heterocycles. The Morgan fingerprint density at radius 1 is 1.42 bits per heavy atom. The van der Waals surface area contributed by atoms with E-state index in [0.717, 1.165) is 0 Å². The summed E-state index contributed by atoms with van der Waals surface area (Å²) in [6, 6.07) is 4.10. The number of hydrogen-bond donors (Lipinski definition) is 3. The fourth-order valence-corrected chi connectivity index (χ4v) is 1.15. The van der Waals surface area contributed by atoms with Gasteiger partial charge in [0.15, 0.2) is 11.1 Å². The van der Waals surface area contributed by atoms with E-state index in [0.29, 0.717) is 4.90 Å². The maximum Gasteiger partial charge on any atom is 0.186 e. The summed E-state index contributed by atoms with van der Waals surface area (Å²) in [5.41, 5.74) is 0. The van der Waals surface area contributed by atoms with E-state index in [1.54, 1.807) is 0 Å². The minimum Gasteiger partial charge on any atom is -0.507 e. The molecule has 0 amide bonds. The molecule has 0 aromatic heterocycles. The molecule has 12 heavy (non-hydrogen) atoms. The molecule has 3 nitrogen and oxygen atoms in total. The second kappa shape index (κ2) is 5.26. The summed E-state index contributed by atoms with van der Waals surface area (Å²) < 4.78 is 19.0. The Hall–Kier alpha value is 0.480. The molecule has 0 spiro atoms. The summed E-state index contributed by atoms with van der Waals surface area (Å²) in [4.78, 5) is 0.555. The van der Waals surface area contributed by atoms with Gasteiger partial charge in [0, 0.05) is 34.5 Å². The number of thiol groups is 1. The van der Waals surface area contributed by atoms with Crippen LogP contribution in [-0.2, 0) is 11.1 Å². The van der Waals surface area contributed by atoms with Crippen LogP contribution in [0.2, 0.25) is 0 Å². The molecule has 61 valence electrons. The van der Waals surface area contributed by atoms with Crippen molar-refractivity contribution < 1.29 is 13.9 Å². The van der Waals surface area contributed by atoms with E-state index >= 15 is 0 Å². The molecule has 1 aromatic rings. The second-order valence-electron chi connectivity index (χ2n) is 1.90. The molecule has 0 bridgehead atoms. The minimum atomic E-state index is -2.04. The van der Waals surface area contributed by atoms with E-state index < -0.39 is 11.1 Å². The zero-order valence-electron chi connectivity index (χ0n) is 6.39. The van der Waals surface area contributed by atoms with Crippen molar-refractivity contribution in [1.82, 2.24) is 0 Å². The Morgan fingerprint density at radius 2 is 2.00 bits per heavy atom. The fourth-order valence-electron chi connectivity index (χ4n) is 0.612. The quantitative estimate of drug-likeness (QED) is 0.369. The van der Waals surface area contributed by atoms with Crippen LogP contribution in [0.25, 0.3) is 0 Å². The standard InChI is InChI=1S/C6H6O3S2.Na/c7-5-3-4(11(8)9)1-2-6(5)10;/h1-3,7,10H,(H,8,9);. The van der Waals surface area contributed by atoms with Gasteiger partial charge in [-0.05, 0) is 18.2 Å². The molecule has 1 unspecified atom stereocenters. The summed E-state index contributed by atoms with van der Waals surface area (Å²) in [5, 5.41) is 9.03. The predicted molar refractivity (Wildman–Crippen MR) is 50.2 cm³/mol. The van der Waals surface area contributed by atoms with Gasteiger partial charge in [-0.15, -0.1) is 12.6 Å². The van der Waals surface area contributed by atoms with Crippen molar-refractivity contribution in [3.8, 4) is 5.75 Å². The van der Waals surface area contributed by atoms with Gasteiger partial charge in [0.05, 0.1) is 4.90 Å². The van der Waals surface area contributed by atoms with Crippen molar-refractivity contribution in [2.75, 3.05) is 0 Å². The maximum absolute atomic E-state index is 10.4. The number of phenolic OH excluding ortho intramolecular Hbond substituents is 1. The van der Waals surface area contributed by atoms with Crippen molar-refractivity contribution in [2.24, 2.45) is 0 Å². The Bertz CT molecular complexity index is 303. The molecule has 0 fully saturated rings. The van der Waals surface area contributed by atoms with Crippen molar-refractivity contribution >= 4 is 53.3 Å². The number of benzene rings is 1. The minimum absolute atomic E-state index is 0. The number of phenols is 1. The molecule has 1 aromatic carbocycles. The van der Waals surface area contributed by atoms with E-state index in [-0.39, 0.29) is 40.2 Å². The Labute approximate surface area is 100 Å². The monoisotopic (exact) mass is 213 g/mol. The summed E-state index contributed by atoms with van der Waals surface area (Å²) in [6.07, 6.45) is 0. The van der Waals surface area contributed by atoms with Crippen LogP contribution in [0.1, 0.15) is 0 Å². The van der Waals surface area contributed by atoms with Crippen LogP contribution in [-0.4, -0.2) is 43.4 Å². The SMILES string of the molecule is O=S(O)c1ccc(S)c(O)c1.[Na]. The number of hydrogen-bond acceptors (Lipinski definition) is 3. The molecular formula is C6H6NaO3S2. The molecule has 0 saturated heterocycles. The largest absolute Gasteiger partial charge is 0.507 e. The van der Waals surface area contributed by atoms with Crippen LogP contribution < -0.4 is 0 Å². The van der Waals surface area contributed by atoms with E-state index in [9.17, 15) is 4.21 Å². The second-order valence-corrected chi connectivity index (χ2v) is 3.35. The molecule has 0 aliphatic rings. The third-order valence-electron chi connectivity index (χ3n) is 1.15. The van der Waals surface area contributed by atoms with Crippen molar-refractivity contribution in [2.45, 2.75) is 9.79 Å². The van der Waals surface area contributed by atoms with Gasteiger partial charge in [0.1, 0.15) is 5.75 Å². The molecule has 1 radical (unpaired) electrons. The predicted octanol–water partition coefficient (Wildman–Crippen LogP) is 0.881. The van der Waals surface area contributed by atoms with Crippen molar-refractivity contribution in [1.29, 1.82) is 0 Å². The van der Waals surface area contributed by atoms with Gasteiger partial charge < -0.3 is 9.66 Å². The third kappa shape index (κ3) is 3.08. The van der Waals surface area contributed by atoms with Crippen LogP contribution in [0.5, 0.6) is 5.75 Å². The topological polar surface area (TPSA) is 57.5 Å². The van der Waals surface area contributed by atoms with Crippen LogP contribution in [0, 0.1) is 0 Å². The normalized spacial score (nSPS) is 11.8. The Morgan fingerprint density at radius 3 is 2.42 bits per heavy atom. The zero-order chi connectivity index (χ0) is 8.43. The third-order valence-corrected chi connectivity index (χ3v) is 2.18. The Kier molecular flexibility index (Phi) is 5.47. The summed E-state index contributed by atoms with van der Waals surface area (Å²) in [5.74, 6) is -0.0896. The fraction of sp³-hybridized carbons (Fsp3) is 0. The van der Waals surface area contributed by atoms with Gasteiger partial charge in [-0.2, -0.15) is 0 Å². The Balaban J connectivity index is 0.00000121. The van der Waals surface area contributed by atoms with Gasteiger partial charge in [0.25, 0.3) is 0 Å². The molecule has 0 aliphatic carbocycles. The smallest absolute Gasteiger partial charge is 0.186 e. The van der Waals surface area contributed by atoms with E-state index in [2.05, 4.69) is 12.6 Å². The van der Waals surface area contributed by atoms with Gasteiger partial charge in [-0.25, -0.2) is 4.21 Å². The summed E-state index contributed by atoms with van der Waals surface area (Å²) in [6.45, 7) is 0. The van der Waals surface area contributed by atoms with E-state index in [4.69, 9.17) is 9.66 Å². The molecule has 2 N–H and O–H groups in total.